The molecular formula is C14H22BNO4. The van der Waals surface area contributed by atoms with Crippen molar-refractivity contribution in [2.24, 2.45) is 0 Å². The van der Waals surface area contributed by atoms with E-state index in [0.717, 1.165) is 17.9 Å². The van der Waals surface area contributed by atoms with Gasteiger partial charge in [0.15, 0.2) is 0 Å². The average molecular weight is 279 g/mol. The molecule has 1 aromatic rings. The maximum atomic E-state index is 9.50. The van der Waals surface area contributed by atoms with Gasteiger partial charge in [0.1, 0.15) is 5.75 Å². The Kier molecular flexibility index (Phi) is 4.70. The largest absolute Gasteiger partial charge is 0.497 e. The highest BCUT2D eigenvalue weighted by atomic mass is 16.5. The Labute approximate surface area is 120 Å². The maximum absolute atomic E-state index is 9.50. The Bertz CT molecular complexity index is 464. The molecule has 0 aliphatic carbocycles. The summed E-state index contributed by atoms with van der Waals surface area (Å²) in [4.78, 5) is 2.29. The van der Waals surface area contributed by atoms with Gasteiger partial charge >= 0.3 is 7.12 Å². The van der Waals surface area contributed by atoms with Crippen LogP contribution in [0, 0.1) is 0 Å². The minimum Gasteiger partial charge on any atom is -0.497 e. The minimum absolute atomic E-state index is 0.0704. The van der Waals surface area contributed by atoms with Gasteiger partial charge in [0.2, 0.25) is 0 Å². The van der Waals surface area contributed by atoms with Crippen LogP contribution in [0.3, 0.4) is 0 Å². The molecule has 110 valence electrons. The molecular weight excluding hydrogens is 257 g/mol. The molecule has 2 N–H and O–H groups in total. The Morgan fingerprint density at radius 3 is 2.75 bits per heavy atom. The smallest absolute Gasteiger partial charge is 0.488 e. The van der Waals surface area contributed by atoms with E-state index in [2.05, 4.69) is 18.7 Å². The van der Waals surface area contributed by atoms with Crippen molar-refractivity contribution in [3.63, 3.8) is 0 Å². The van der Waals surface area contributed by atoms with Crippen LogP contribution in [0.1, 0.15) is 19.4 Å². The summed E-state index contributed by atoms with van der Waals surface area (Å²) in [7, 11) is 0.132. The highest BCUT2D eigenvalue weighted by molar-refractivity contribution is 6.59. The summed E-state index contributed by atoms with van der Waals surface area (Å²) in [6.45, 7) is 7.09. The van der Waals surface area contributed by atoms with Crippen LogP contribution in [0.4, 0.5) is 0 Å². The molecule has 1 heterocycles. The van der Waals surface area contributed by atoms with Gasteiger partial charge in [0.05, 0.1) is 20.3 Å². The Balaban J connectivity index is 2.26. The van der Waals surface area contributed by atoms with E-state index >= 15 is 0 Å². The highest BCUT2D eigenvalue weighted by Gasteiger charge is 2.31. The van der Waals surface area contributed by atoms with Crippen LogP contribution in [0.15, 0.2) is 18.2 Å². The number of rotatable bonds is 4. The zero-order valence-electron chi connectivity index (χ0n) is 12.3. The molecule has 1 saturated heterocycles. The zero-order valence-corrected chi connectivity index (χ0v) is 12.3. The monoisotopic (exact) mass is 279 g/mol. The number of benzene rings is 1. The van der Waals surface area contributed by atoms with Crippen molar-refractivity contribution in [1.82, 2.24) is 4.90 Å². The van der Waals surface area contributed by atoms with E-state index in [1.165, 1.54) is 0 Å². The molecule has 1 aliphatic rings. The van der Waals surface area contributed by atoms with Crippen molar-refractivity contribution in [2.75, 3.05) is 26.9 Å². The van der Waals surface area contributed by atoms with Crippen LogP contribution >= 0.6 is 0 Å². The summed E-state index contributed by atoms with van der Waals surface area (Å²) in [5.41, 5.74) is 1.32. The molecule has 1 fully saturated rings. The van der Waals surface area contributed by atoms with E-state index < -0.39 is 7.12 Å². The van der Waals surface area contributed by atoms with E-state index in [0.29, 0.717) is 25.2 Å². The molecule has 5 nitrogen and oxygen atoms in total. The molecule has 6 heteroatoms. The van der Waals surface area contributed by atoms with Gasteiger partial charge in [-0.05, 0) is 37.0 Å². The molecule has 0 bridgehead atoms. The number of hydrogen-bond donors (Lipinski definition) is 2. The zero-order chi connectivity index (χ0) is 14.8. The number of morpholine rings is 1. The summed E-state index contributed by atoms with van der Waals surface area (Å²) in [6, 6.07) is 5.30. The van der Waals surface area contributed by atoms with E-state index in [1.54, 1.807) is 19.2 Å². The second kappa shape index (κ2) is 6.14. The fourth-order valence-corrected chi connectivity index (χ4v) is 2.49. The lowest BCUT2D eigenvalue weighted by Gasteiger charge is -2.42. The van der Waals surface area contributed by atoms with Gasteiger partial charge in [-0.1, -0.05) is 6.07 Å². The summed E-state index contributed by atoms with van der Waals surface area (Å²) in [6.07, 6.45) is 0. The van der Waals surface area contributed by atoms with Crippen molar-refractivity contribution in [1.29, 1.82) is 0 Å². The summed E-state index contributed by atoms with van der Waals surface area (Å²) in [5.74, 6) is 0.718. The highest BCUT2D eigenvalue weighted by Crippen LogP contribution is 2.22. The van der Waals surface area contributed by atoms with Gasteiger partial charge in [-0.15, -0.1) is 0 Å². The minimum atomic E-state index is -1.47. The Hall–Kier alpha value is -1.08. The standard InChI is InChI=1S/C14H22BNO4/c1-14(2)10-20-7-6-16(14)9-11-8-12(19-3)4-5-13(11)15(17)18/h4-5,8,17-18H,6-7,9-10H2,1-3H3. The summed E-state index contributed by atoms with van der Waals surface area (Å²) >= 11 is 0. The fraction of sp³-hybridized carbons (Fsp3) is 0.571. The molecule has 20 heavy (non-hydrogen) atoms. The normalized spacial score (nSPS) is 18.9. The quantitative estimate of drug-likeness (QED) is 0.759. The first-order valence-electron chi connectivity index (χ1n) is 6.80. The lowest BCUT2D eigenvalue weighted by Crippen LogP contribution is -2.53. The number of methoxy groups -OCH3 is 1. The van der Waals surface area contributed by atoms with Gasteiger partial charge in [-0.2, -0.15) is 0 Å². The molecule has 0 unspecified atom stereocenters. The lowest BCUT2D eigenvalue weighted by atomic mass is 9.76. The van der Waals surface area contributed by atoms with Crippen LogP contribution in [0.2, 0.25) is 0 Å². The number of ether oxygens (including phenoxy) is 2. The molecule has 0 spiro atoms. The predicted octanol–water partition coefficient (Wildman–Crippen LogP) is -0.0142. The predicted molar refractivity (Wildman–Crippen MR) is 78.1 cm³/mol. The molecule has 1 aromatic carbocycles. The SMILES string of the molecule is COc1ccc(B(O)O)c(CN2CCOCC2(C)C)c1. The van der Waals surface area contributed by atoms with E-state index in [-0.39, 0.29) is 5.54 Å². The van der Waals surface area contributed by atoms with Gasteiger partial charge in [0, 0.05) is 18.6 Å². The van der Waals surface area contributed by atoms with Crippen molar-refractivity contribution in [3.8, 4) is 5.75 Å². The third-order valence-electron chi connectivity index (χ3n) is 3.81. The second-order valence-electron chi connectivity index (χ2n) is 5.72. The van der Waals surface area contributed by atoms with Crippen LogP contribution in [0.25, 0.3) is 0 Å². The first-order valence-corrected chi connectivity index (χ1v) is 6.80. The molecule has 0 amide bonds. The molecule has 0 atom stereocenters. The lowest BCUT2D eigenvalue weighted by molar-refractivity contribution is -0.0551. The van der Waals surface area contributed by atoms with Gasteiger partial charge in [-0.3, -0.25) is 4.90 Å². The van der Waals surface area contributed by atoms with Crippen LogP contribution in [0.5, 0.6) is 5.75 Å². The maximum Gasteiger partial charge on any atom is 0.488 e. The van der Waals surface area contributed by atoms with Crippen LogP contribution < -0.4 is 10.2 Å². The van der Waals surface area contributed by atoms with Gasteiger partial charge < -0.3 is 19.5 Å². The fourth-order valence-electron chi connectivity index (χ4n) is 2.49. The van der Waals surface area contributed by atoms with E-state index in [9.17, 15) is 10.0 Å². The molecule has 0 radical (unpaired) electrons. The van der Waals surface area contributed by atoms with Crippen LogP contribution in [-0.4, -0.2) is 54.5 Å². The van der Waals surface area contributed by atoms with Crippen molar-refractivity contribution < 1.29 is 19.5 Å². The Morgan fingerprint density at radius 2 is 2.15 bits per heavy atom. The van der Waals surface area contributed by atoms with Crippen LogP contribution in [-0.2, 0) is 11.3 Å². The molecule has 1 aliphatic heterocycles. The topological polar surface area (TPSA) is 62.2 Å². The first kappa shape index (κ1) is 15.3. The Morgan fingerprint density at radius 1 is 1.40 bits per heavy atom. The first-order chi connectivity index (χ1) is 9.44. The summed E-state index contributed by atoms with van der Waals surface area (Å²) in [5, 5.41) is 19.0. The summed E-state index contributed by atoms with van der Waals surface area (Å²) < 4.78 is 10.7. The number of nitrogens with zero attached hydrogens (tertiary/aromatic N) is 1. The number of hydrogen-bond acceptors (Lipinski definition) is 5. The van der Waals surface area contributed by atoms with E-state index in [4.69, 9.17) is 9.47 Å². The molecule has 0 aromatic heterocycles. The van der Waals surface area contributed by atoms with E-state index in [1.807, 2.05) is 6.07 Å². The molecule has 0 saturated carbocycles. The average Bonchev–Trinajstić information content (AvgIpc) is 2.40. The van der Waals surface area contributed by atoms with Gasteiger partial charge in [-0.25, -0.2) is 0 Å². The second-order valence-corrected chi connectivity index (χ2v) is 5.72. The third-order valence-corrected chi connectivity index (χ3v) is 3.81. The third kappa shape index (κ3) is 3.33. The van der Waals surface area contributed by atoms with Crippen molar-refractivity contribution in [3.05, 3.63) is 23.8 Å². The van der Waals surface area contributed by atoms with Crippen molar-refractivity contribution >= 4 is 12.6 Å². The van der Waals surface area contributed by atoms with Gasteiger partial charge in [0.25, 0.3) is 0 Å². The molecule has 2 rings (SSSR count). The van der Waals surface area contributed by atoms with Crippen molar-refractivity contribution in [2.45, 2.75) is 25.9 Å².